The number of ether oxygens (including phenoxy) is 2. The Labute approximate surface area is 306 Å². The molecule has 8 nitrogen and oxygen atoms in total. The van der Waals surface area contributed by atoms with Gasteiger partial charge < -0.3 is 19.3 Å². The molecule has 50 heavy (non-hydrogen) atoms. The second kappa shape index (κ2) is 22.0. The van der Waals surface area contributed by atoms with Crippen molar-refractivity contribution < 1.29 is 19.1 Å². The van der Waals surface area contributed by atoms with E-state index in [-0.39, 0.29) is 5.97 Å². The number of para-hydroxylation sites is 1. The van der Waals surface area contributed by atoms with E-state index in [9.17, 15) is 9.59 Å². The Morgan fingerprint density at radius 1 is 0.740 bits per heavy atom. The SMILES string of the molecule is CCCCCCCCCCCCCCCCCCCC(=O)OC(C)OC(=O)N1c2ccc(Cl)cc2N=C(N2CCN(C)CC2)c2ccccc21. The third-order valence-electron chi connectivity index (χ3n) is 9.82. The van der Waals surface area contributed by atoms with E-state index in [2.05, 4.69) is 23.8 Å². The van der Waals surface area contributed by atoms with Gasteiger partial charge in [0.05, 0.1) is 17.1 Å². The lowest BCUT2D eigenvalue weighted by Gasteiger charge is -2.35. The van der Waals surface area contributed by atoms with Crippen LogP contribution in [0.25, 0.3) is 0 Å². The van der Waals surface area contributed by atoms with Crippen molar-refractivity contribution in [2.24, 2.45) is 4.99 Å². The number of hydrogen-bond donors (Lipinski definition) is 0. The van der Waals surface area contributed by atoms with Crippen LogP contribution >= 0.6 is 11.6 Å². The number of carbonyl (C=O) groups excluding carboxylic acids is 2. The molecular weight excluding hydrogens is 648 g/mol. The summed E-state index contributed by atoms with van der Waals surface area (Å²) in [6.45, 7) is 7.32. The Hall–Kier alpha value is -3.10. The van der Waals surface area contributed by atoms with E-state index in [0.717, 1.165) is 56.8 Å². The second-order valence-electron chi connectivity index (χ2n) is 14.1. The van der Waals surface area contributed by atoms with Crippen LogP contribution in [0.5, 0.6) is 0 Å². The Balaban J connectivity index is 1.16. The number of carbonyl (C=O) groups is 2. The minimum absolute atomic E-state index is 0.316. The maximum Gasteiger partial charge on any atom is 0.422 e. The number of fused-ring (bicyclic) bond motifs is 2. The van der Waals surface area contributed by atoms with Crippen LogP contribution in [0, 0.1) is 0 Å². The van der Waals surface area contributed by atoms with Gasteiger partial charge >= 0.3 is 12.1 Å². The summed E-state index contributed by atoms with van der Waals surface area (Å²) >= 11 is 6.41. The average molecular weight is 709 g/mol. The zero-order valence-electron chi connectivity index (χ0n) is 31.0. The van der Waals surface area contributed by atoms with Crippen LogP contribution in [0.1, 0.15) is 135 Å². The van der Waals surface area contributed by atoms with Crippen LogP contribution in [0.15, 0.2) is 47.5 Å². The van der Waals surface area contributed by atoms with Gasteiger partial charge in [-0.25, -0.2) is 14.7 Å². The summed E-state index contributed by atoms with van der Waals surface area (Å²) in [5.74, 6) is 0.441. The van der Waals surface area contributed by atoms with Crippen molar-refractivity contribution in [1.29, 1.82) is 0 Å². The molecule has 2 aromatic carbocycles. The van der Waals surface area contributed by atoms with E-state index in [1.54, 1.807) is 25.1 Å². The minimum Gasteiger partial charge on any atom is -0.425 e. The quantitative estimate of drug-likeness (QED) is 0.0774. The molecule has 0 aliphatic carbocycles. The molecule has 1 atom stereocenters. The highest BCUT2D eigenvalue weighted by molar-refractivity contribution is 6.31. The van der Waals surface area contributed by atoms with Gasteiger partial charge in [-0.2, -0.15) is 0 Å². The molecule has 1 unspecified atom stereocenters. The largest absolute Gasteiger partial charge is 0.425 e. The molecule has 1 amide bonds. The van der Waals surface area contributed by atoms with E-state index in [1.807, 2.05) is 24.3 Å². The number of amidine groups is 1. The number of esters is 1. The van der Waals surface area contributed by atoms with Crippen molar-refractivity contribution in [3.8, 4) is 0 Å². The van der Waals surface area contributed by atoms with Crippen LogP contribution in [0.3, 0.4) is 0 Å². The summed E-state index contributed by atoms with van der Waals surface area (Å²) in [5, 5.41) is 0.524. The number of piperazine rings is 1. The van der Waals surface area contributed by atoms with Crippen molar-refractivity contribution in [2.75, 3.05) is 38.1 Å². The lowest BCUT2D eigenvalue weighted by molar-refractivity contribution is -0.164. The Bertz CT molecular complexity index is 1360. The van der Waals surface area contributed by atoms with Gasteiger partial charge in [-0.05, 0) is 43.8 Å². The molecule has 2 aliphatic rings. The molecule has 2 aliphatic heterocycles. The van der Waals surface area contributed by atoms with Crippen molar-refractivity contribution in [2.45, 2.75) is 136 Å². The molecular formula is C41H61ClN4O4. The van der Waals surface area contributed by atoms with Crippen LogP contribution in [0.2, 0.25) is 5.02 Å². The number of halogens is 1. The van der Waals surface area contributed by atoms with Gasteiger partial charge in [-0.15, -0.1) is 0 Å². The number of hydrogen-bond acceptors (Lipinski definition) is 7. The van der Waals surface area contributed by atoms with E-state index in [0.29, 0.717) is 28.5 Å². The first-order valence-electron chi connectivity index (χ1n) is 19.5. The molecule has 0 saturated carbocycles. The molecule has 2 heterocycles. The number of unbranched alkanes of at least 4 members (excludes halogenated alkanes) is 16. The van der Waals surface area contributed by atoms with Crippen LogP contribution < -0.4 is 4.90 Å². The van der Waals surface area contributed by atoms with Gasteiger partial charge in [-0.3, -0.25) is 4.79 Å². The van der Waals surface area contributed by atoms with Gasteiger partial charge in [-0.1, -0.05) is 133 Å². The summed E-state index contributed by atoms with van der Waals surface area (Å²) in [5.41, 5.74) is 2.60. The number of anilines is 2. The molecule has 0 bridgehead atoms. The molecule has 1 saturated heterocycles. The number of benzene rings is 2. The van der Waals surface area contributed by atoms with Gasteiger partial charge in [0, 0.05) is 50.1 Å². The summed E-state index contributed by atoms with van der Waals surface area (Å²) in [6.07, 6.45) is 20.6. The van der Waals surface area contributed by atoms with Gasteiger partial charge in [0.25, 0.3) is 0 Å². The Morgan fingerprint density at radius 3 is 1.90 bits per heavy atom. The van der Waals surface area contributed by atoms with Crippen LogP contribution in [0.4, 0.5) is 21.9 Å². The molecule has 0 radical (unpaired) electrons. The number of likely N-dealkylation sites (N-methyl/N-ethyl adjacent to an activating group) is 1. The van der Waals surface area contributed by atoms with E-state index < -0.39 is 12.4 Å². The number of rotatable bonds is 20. The highest BCUT2D eigenvalue weighted by Crippen LogP contribution is 2.42. The summed E-state index contributed by atoms with van der Waals surface area (Å²) < 4.78 is 11.3. The lowest BCUT2D eigenvalue weighted by atomic mass is 10.0. The zero-order valence-corrected chi connectivity index (χ0v) is 31.7. The fourth-order valence-electron chi connectivity index (χ4n) is 6.85. The summed E-state index contributed by atoms with van der Waals surface area (Å²) in [7, 11) is 2.11. The van der Waals surface area contributed by atoms with Crippen molar-refractivity contribution in [1.82, 2.24) is 9.80 Å². The fourth-order valence-corrected chi connectivity index (χ4v) is 7.02. The maximum absolute atomic E-state index is 13.8. The van der Waals surface area contributed by atoms with Crippen molar-refractivity contribution in [3.63, 3.8) is 0 Å². The molecule has 9 heteroatoms. The first-order chi connectivity index (χ1) is 24.4. The number of nitrogens with zero attached hydrogens (tertiary/aromatic N) is 4. The van der Waals surface area contributed by atoms with Crippen LogP contribution in [-0.2, 0) is 14.3 Å². The number of amides is 1. The first-order valence-corrected chi connectivity index (χ1v) is 19.9. The highest BCUT2D eigenvalue weighted by atomic mass is 35.5. The average Bonchev–Trinajstić information content (AvgIpc) is 3.24. The lowest BCUT2D eigenvalue weighted by Crippen LogP contribution is -2.47. The molecule has 0 spiro atoms. The second-order valence-corrected chi connectivity index (χ2v) is 14.5. The summed E-state index contributed by atoms with van der Waals surface area (Å²) in [4.78, 5) is 37.5. The first kappa shape index (κ1) is 39.7. The van der Waals surface area contributed by atoms with E-state index in [1.165, 1.54) is 94.8 Å². The minimum atomic E-state index is -1.04. The standard InChI is InChI=1S/C41H61ClN4O4/c1-4-5-6-7-8-9-10-11-12-13-14-15-16-17-18-19-20-25-39(47)49-33(2)50-41(48)46-37-24-22-21-23-35(37)40(45-30-28-44(3)29-31-45)43-36-32-34(42)26-27-38(36)46/h21-24,26-27,32-33H,4-20,25,28-31H2,1-3H3. The topological polar surface area (TPSA) is 74.7 Å². The van der Waals surface area contributed by atoms with Crippen LogP contribution in [-0.4, -0.2) is 67.2 Å². The Kier molecular flexibility index (Phi) is 17.4. The molecule has 0 aromatic heterocycles. The third-order valence-corrected chi connectivity index (χ3v) is 10.1. The predicted molar refractivity (Wildman–Crippen MR) is 206 cm³/mol. The molecule has 0 N–H and O–H groups in total. The van der Waals surface area contributed by atoms with Crippen molar-refractivity contribution in [3.05, 3.63) is 53.1 Å². The molecule has 1 fully saturated rings. The fraction of sp³-hybridized carbons (Fsp3) is 0.634. The summed E-state index contributed by atoms with van der Waals surface area (Å²) in [6, 6.07) is 13.0. The molecule has 2 aromatic rings. The van der Waals surface area contributed by atoms with Gasteiger partial charge in [0.1, 0.15) is 5.84 Å². The maximum atomic E-state index is 13.8. The zero-order chi connectivity index (χ0) is 35.6. The third kappa shape index (κ3) is 12.9. The molecule has 276 valence electrons. The number of aliphatic imine (C=N–C) groups is 1. The molecule has 4 rings (SSSR count). The predicted octanol–water partition coefficient (Wildman–Crippen LogP) is 11.2. The van der Waals surface area contributed by atoms with Crippen molar-refractivity contribution >= 4 is 46.6 Å². The van der Waals surface area contributed by atoms with E-state index in [4.69, 9.17) is 26.1 Å². The Morgan fingerprint density at radius 2 is 1.30 bits per heavy atom. The normalized spacial score (nSPS) is 15.2. The smallest absolute Gasteiger partial charge is 0.422 e. The van der Waals surface area contributed by atoms with Gasteiger partial charge in [0.2, 0.25) is 6.29 Å². The monoisotopic (exact) mass is 708 g/mol. The van der Waals surface area contributed by atoms with Gasteiger partial charge in [0.15, 0.2) is 0 Å². The van der Waals surface area contributed by atoms with E-state index >= 15 is 0 Å². The highest BCUT2D eigenvalue weighted by Gasteiger charge is 2.32.